The van der Waals surface area contributed by atoms with E-state index in [1.165, 1.54) is 57.8 Å². The molecular weight excluding hydrogens is 224 g/mol. The summed E-state index contributed by atoms with van der Waals surface area (Å²) < 4.78 is 5.32. The van der Waals surface area contributed by atoms with Gasteiger partial charge < -0.3 is 9.84 Å². The van der Waals surface area contributed by atoms with Crippen molar-refractivity contribution in [1.29, 1.82) is 0 Å². The molecule has 0 saturated carbocycles. The SMILES string of the molecule is CCCCCCCCCCCCOCC#CCO. The Hall–Kier alpha value is -0.520. The van der Waals surface area contributed by atoms with Crippen molar-refractivity contribution in [3.05, 3.63) is 0 Å². The first kappa shape index (κ1) is 17.5. The molecule has 0 aliphatic rings. The Morgan fingerprint density at radius 3 is 1.89 bits per heavy atom. The highest BCUT2D eigenvalue weighted by atomic mass is 16.5. The van der Waals surface area contributed by atoms with Gasteiger partial charge >= 0.3 is 0 Å². The van der Waals surface area contributed by atoms with E-state index in [0.29, 0.717) is 6.61 Å². The molecule has 0 heterocycles. The Balaban J connectivity index is 2.94. The van der Waals surface area contributed by atoms with Crippen LogP contribution in [0.25, 0.3) is 0 Å². The van der Waals surface area contributed by atoms with Crippen LogP contribution in [-0.2, 0) is 4.74 Å². The minimum absolute atomic E-state index is 0.0678. The smallest absolute Gasteiger partial charge is 0.107 e. The van der Waals surface area contributed by atoms with Crippen molar-refractivity contribution in [3.63, 3.8) is 0 Å². The Morgan fingerprint density at radius 2 is 1.33 bits per heavy atom. The van der Waals surface area contributed by atoms with E-state index in [-0.39, 0.29) is 6.61 Å². The summed E-state index contributed by atoms with van der Waals surface area (Å²) in [6.45, 7) is 3.45. The highest BCUT2D eigenvalue weighted by Crippen LogP contribution is 2.10. The number of rotatable bonds is 12. The minimum atomic E-state index is -0.0678. The van der Waals surface area contributed by atoms with E-state index in [2.05, 4.69) is 18.8 Å². The minimum Gasteiger partial charge on any atom is -0.384 e. The van der Waals surface area contributed by atoms with Crippen LogP contribution in [0.4, 0.5) is 0 Å². The third kappa shape index (κ3) is 15.5. The number of ether oxygens (including phenoxy) is 1. The van der Waals surface area contributed by atoms with E-state index in [0.717, 1.165) is 13.0 Å². The molecule has 2 heteroatoms. The zero-order chi connectivity index (χ0) is 13.3. The average molecular weight is 254 g/mol. The van der Waals surface area contributed by atoms with E-state index >= 15 is 0 Å². The monoisotopic (exact) mass is 254 g/mol. The van der Waals surface area contributed by atoms with Crippen LogP contribution in [0.15, 0.2) is 0 Å². The van der Waals surface area contributed by atoms with Crippen molar-refractivity contribution in [1.82, 2.24) is 0 Å². The highest BCUT2D eigenvalue weighted by molar-refractivity contribution is 4.98. The summed E-state index contributed by atoms with van der Waals surface area (Å²) in [5.74, 6) is 5.32. The molecule has 0 aromatic rings. The van der Waals surface area contributed by atoms with Gasteiger partial charge in [-0.25, -0.2) is 0 Å². The van der Waals surface area contributed by atoms with Crippen molar-refractivity contribution < 1.29 is 9.84 Å². The third-order valence-corrected chi connectivity index (χ3v) is 3.02. The lowest BCUT2D eigenvalue weighted by Gasteiger charge is -2.02. The molecule has 0 radical (unpaired) electrons. The summed E-state index contributed by atoms with van der Waals surface area (Å²) in [6, 6.07) is 0. The Bertz CT molecular complexity index is 203. The van der Waals surface area contributed by atoms with Gasteiger partial charge in [-0.05, 0) is 6.42 Å². The Labute approximate surface area is 113 Å². The molecule has 0 aromatic carbocycles. The van der Waals surface area contributed by atoms with Crippen LogP contribution < -0.4 is 0 Å². The molecule has 0 amide bonds. The van der Waals surface area contributed by atoms with Crippen LogP contribution in [0.2, 0.25) is 0 Å². The van der Waals surface area contributed by atoms with Gasteiger partial charge in [0.25, 0.3) is 0 Å². The van der Waals surface area contributed by atoms with E-state index in [4.69, 9.17) is 9.84 Å². The van der Waals surface area contributed by atoms with E-state index in [1.54, 1.807) is 0 Å². The van der Waals surface area contributed by atoms with E-state index in [9.17, 15) is 0 Å². The predicted octanol–water partition coefficient (Wildman–Crippen LogP) is 3.92. The van der Waals surface area contributed by atoms with Crippen LogP contribution in [0.5, 0.6) is 0 Å². The van der Waals surface area contributed by atoms with Gasteiger partial charge in [-0.3, -0.25) is 0 Å². The number of unbranched alkanes of at least 4 members (excludes halogenated alkanes) is 9. The maximum atomic E-state index is 8.43. The molecule has 0 atom stereocenters. The van der Waals surface area contributed by atoms with Crippen molar-refractivity contribution in [2.75, 3.05) is 19.8 Å². The summed E-state index contributed by atoms with van der Waals surface area (Å²) in [6.07, 6.45) is 13.5. The molecule has 2 nitrogen and oxygen atoms in total. The maximum absolute atomic E-state index is 8.43. The van der Waals surface area contributed by atoms with Crippen LogP contribution >= 0.6 is 0 Å². The lowest BCUT2D eigenvalue weighted by Crippen LogP contribution is -1.95. The number of aliphatic hydroxyl groups is 1. The van der Waals surface area contributed by atoms with Crippen molar-refractivity contribution >= 4 is 0 Å². The van der Waals surface area contributed by atoms with Crippen LogP contribution in [0, 0.1) is 11.8 Å². The van der Waals surface area contributed by atoms with Gasteiger partial charge in [0.2, 0.25) is 0 Å². The largest absolute Gasteiger partial charge is 0.384 e. The first-order chi connectivity index (χ1) is 8.91. The van der Waals surface area contributed by atoms with E-state index in [1.807, 2.05) is 0 Å². The second kappa shape index (κ2) is 16.5. The van der Waals surface area contributed by atoms with Crippen molar-refractivity contribution in [2.45, 2.75) is 71.1 Å². The summed E-state index contributed by atoms with van der Waals surface area (Å²) in [5.41, 5.74) is 0. The molecule has 0 rings (SSSR count). The van der Waals surface area contributed by atoms with E-state index < -0.39 is 0 Å². The van der Waals surface area contributed by atoms with Crippen LogP contribution in [0.3, 0.4) is 0 Å². The second-order valence-corrected chi connectivity index (χ2v) is 4.75. The van der Waals surface area contributed by atoms with Crippen LogP contribution in [-0.4, -0.2) is 24.9 Å². The number of hydrogen-bond donors (Lipinski definition) is 1. The standard InChI is InChI=1S/C16H30O2/c1-2-3-4-5-6-7-8-9-10-12-15-18-16-13-11-14-17/h17H,2-10,12,14-16H2,1H3. The Kier molecular flexibility index (Phi) is 16.0. The summed E-state index contributed by atoms with van der Waals surface area (Å²) in [5, 5.41) is 8.43. The third-order valence-electron chi connectivity index (χ3n) is 3.02. The van der Waals surface area contributed by atoms with Gasteiger partial charge in [-0.2, -0.15) is 0 Å². The molecule has 0 saturated heterocycles. The molecule has 0 aliphatic carbocycles. The molecule has 18 heavy (non-hydrogen) atoms. The summed E-state index contributed by atoms with van der Waals surface area (Å²) in [7, 11) is 0. The highest BCUT2D eigenvalue weighted by Gasteiger charge is 1.92. The fourth-order valence-electron chi connectivity index (χ4n) is 1.92. The maximum Gasteiger partial charge on any atom is 0.107 e. The molecule has 106 valence electrons. The quantitative estimate of drug-likeness (QED) is 0.422. The van der Waals surface area contributed by atoms with Gasteiger partial charge in [-0.1, -0.05) is 76.6 Å². The molecule has 0 fully saturated rings. The lowest BCUT2D eigenvalue weighted by molar-refractivity contribution is 0.161. The number of hydrogen-bond acceptors (Lipinski definition) is 2. The summed E-state index contributed by atoms with van der Waals surface area (Å²) >= 11 is 0. The molecule has 0 aliphatic heterocycles. The normalized spacial score (nSPS) is 10.1. The van der Waals surface area contributed by atoms with Gasteiger partial charge in [0.1, 0.15) is 13.2 Å². The predicted molar refractivity (Wildman–Crippen MR) is 77.5 cm³/mol. The first-order valence-corrected chi connectivity index (χ1v) is 7.56. The second-order valence-electron chi connectivity index (χ2n) is 4.75. The molecule has 0 spiro atoms. The van der Waals surface area contributed by atoms with Crippen molar-refractivity contribution in [3.8, 4) is 11.8 Å². The first-order valence-electron chi connectivity index (χ1n) is 7.56. The molecule has 0 aromatic heterocycles. The van der Waals surface area contributed by atoms with Gasteiger partial charge in [0, 0.05) is 6.61 Å². The topological polar surface area (TPSA) is 29.5 Å². The summed E-state index contributed by atoms with van der Waals surface area (Å²) in [4.78, 5) is 0. The van der Waals surface area contributed by atoms with Crippen LogP contribution in [0.1, 0.15) is 71.1 Å². The fourth-order valence-corrected chi connectivity index (χ4v) is 1.92. The molecule has 1 N–H and O–H groups in total. The zero-order valence-corrected chi connectivity index (χ0v) is 12.0. The van der Waals surface area contributed by atoms with Gasteiger partial charge in [0.05, 0.1) is 0 Å². The number of aliphatic hydroxyl groups excluding tert-OH is 1. The lowest BCUT2D eigenvalue weighted by atomic mass is 10.1. The van der Waals surface area contributed by atoms with Gasteiger partial charge in [0.15, 0.2) is 0 Å². The fraction of sp³-hybridized carbons (Fsp3) is 0.875. The molecular formula is C16H30O2. The molecule has 0 unspecified atom stereocenters. The Morgan fingerprint density at radius 1 is 0.778 bits per heavy atom. The zero-order valence-electron chi connectivity index (χ0n) is 12.0. The average Bonchev–Trinajstić information content (AvgIpc) is 2.39. The molecule has 0 bridgehead atoms. The van der Waals surface area contributed by atoms with Crippen molar-refractivity contribution in [2.24, 2.45) is 0 Å². The van der Waals surface area contributed by atoms with Gasteiger partial charge in [-0.15, -0.1) is 0 Å².